The minimum atomic E-state index is -3.25. The number of hydrogen-bond acceptors (Lipinski definition) is 2. The Kier molecular flexibility index (Phi) is 4.22. The highest BCUT2D eigenvalue weighted by molar-refractivity contribution is 8.56. The van der Waals surface area contributed by atoms with Crippen molar-refractivity contribution in [1.29, 1.82) is 0 Å². The van der Waals surface area contributed by atoms with Crippen LogP contribution in [0.5, 0.6) is 0 Å². The van der Waals surface area contributed by atoms with Crippen LogP contribution in [-0.2, 0) is 4.57 Å². The van der Waals surface area contributed by atoms with Crippen molar-refractivity contribution in [2.45, 2.75) is 4.90 Å². The molecule has 1 rings (SSSR count). The Morgan fingerprint density at radius 2 is 1.71 bits per heavy atom. The molecule has 0 aliphatic heterocycles. The lowest BCUT2D eigenvalue weighted by Crippen LogP contribution is -1.78. The maximum atomic E-state index is 11.1. The molecule has 1 atom stereocenters. The van der Waals surface area contributed by atoms with Crippen molar-refractivity contribution in [2.24, 2.45) is 0 Å². The second-order valence-corrected chi connectivity index (χ2v) is 8.62. The molecule has 0 spiro atoms. The van der Waals surface area contributed by atoms with Gasteiger partial charge in [-0.1, -0.05) is 34.8 Å². The van der Waals surface area contributed by atoms with E-state index in [1.807, 2.05) is 0 Å². The topological polar surface area (TPSA) is 37.3 Å². The van der Waals surface area contributed by atoms with E-state index in [-0.39, 0.29) is 10.0 Å². The number of hydrogen-bond donors (Lipinski definition) is 1. The second-order valence-electron chi connectivity index (χ2n) is 2.59. The lowest BCUT2D eigenvalue weighted by molar-refractivity contribution is 0.503. The molecule has 0 bridgehead atoms. The fraction of sp³-hybridized carbons (Fsp3) is 0.143. The van der Waals surface area contributed by atoms with E-state index in [2.05, 4.69) is 0 Å². The molecule has 0 fully saturated rings. The van der Waals surface area contributed by atoms with E-state index < -0.39 is 6.57 Å². The largest absolute Gasteiger partial charge is 0.337 e. The molecule has 1 aromatic carbocycles. The third-order valence-corrected chi connectivity index (χ3v) is 4.79. The predicted molar refractivity (Wildman–Crippen MR) is 63.1 cm³/mol. The number of rotatable bonds is 2. The summed E-state index contributed by atoms with van der Waals surface area (Å²) in [4.78, 5) is 9.54. The SMILES string of the molecule is CP(=O)(O)Sc1c(Cl)cc(Cl)cc1Cl. The molecule has 1 unspecified atom stereocenters. The first-order valence-corrected chi connectivity index (χ1v) is 8.10. The van der Waals surface area contributed by atoms with Gasteiger partial charge in [0.2, 0.25) is 0 Å². The standard InChI is InChI=1S/C7H6Cl3O2PS/c1-13(11,12)14-7-5(9)2-4(8)3-6(7)10/h2-3H,1H3,(H,11,12). The Balaban J connectivity index is 3.15. The van der Waals surface area contributed by atoms with Gasteiger partial charge < -0.3 is 4.89 Å². The Morgan fingerprint density at radius 3 is 2.07 bits per heavy atom. The van der Waals surface area contributed by atoms with E-state index in [0.29, 0.717) is 9.92 Å². The van der Waals surface area contributed by atoms with Crippen LogP contribution in [-0.4, -0.2) is 11.6 Å². The van der Waals surface area contributed by atoms with Gasteiger partial charge in [-0.2, -0.15) is 0 Å². The molecule has 0 aromatic heterocycles. The summed E-state index contributed by atoms with van der Waals surface area (Å²) in [5.74, 6) is 0. The van der Waals surface area contributed by atoms with Crippen molar-refractivity contribution in [3.05, 3.63) is 27.2 Å². The zero-order chi connectivity index (χ0) is 10.9. The highest BCUT2D eigenvalue weighted by Gasteiger charge is 2.18. The molecule has 1 aromatic rings. The van der Waals surface area contributed by atoms with Gasteiger partial charge in [0.25, 0.3) is 6.57 Å². The first-order valence-electron chi connectivity index (χ1n) is 3.44. The maximum absolute atomic E-state index is 11.1. The molecule has 0 saturated carbocycles. The zero-order valence-corrected chi connectivity index (χ0v) is 11.0. The van der Waals surface area contributed by atoms with Crippen LogP contribution < -0.4 is 0 Å². The molecule has 0 heterocycles. The number of halogens is 3. The summed E-state index contributed by atoms with van der Waals surface area (Å²) in [7, 11) is 0. The Morgan fingerprint density at radius 1 is 1.29 bits per heavy atom. The van der Waals surface area contributed by atoms with Gasteiger partial charge >= 0.3 is 0 Å². The van der Waals surface area contributed by atoms with Gasteiger partial charge in [-0.25, -0.2) is 0 Å². The summed E-state index contributed by atoms with van der Waals surface area (Å²) in [6.45, 7) is -2.03. The maximum Gasteiger partial charge on any atom is 0.256 e. The quantitative estimate of drug-likeness (QED) is 0.812. The van der Waals surface area contributed by atoms with E-state index in [0.717, 1.165) is 11.4 Å². The Labute approximate surface area is 101 Å². The highest BCUT2D eigenvalue weighted by atomic mass is 35.5. The van der Waals surface area contributed by atoms with Crippen molar-refractivity contribution in [3.63, 3.8) is 0 Å². The van der Waals surface area contributed by atoms with E-state index in [4.69, 9.17) is 39.7 Å². The van der Waals surface area contributed by atoms with Gasteiger partial charge in [0.15, 0.2) is 0 Å². The van der Waals surface area contributed by atoms with Crippen molar-refractivity contribution in [1.82, 2.24) is 0 Å². The van der Waals surface area contributed by atoms with Crippen LogP contribution in [0.15, 0.2) is 17.0 Å². The van der Waals surface area contributed by atoms with Crippen LogP contribution in [0.1, 0.15) is 0 Å². The molecule has 78 valence electrons. The minimum Gasteiger partial charge on any atom is -0.337 e. The Bertz CT molecular complexity index is 381. The van der Waals surface area contributed by atoms with Crippen LogP contribution in [0.3, 0.4) is 0 Å². The van der Waals surface area contributed by atoms with Crippen molar-refractivity contribution >= 4 is 52.8 Å². The average molecular weight is 292 g/mol. The van der Waals surface area contributed by atoms with Gasteiger partial charge in [0, 0.05) is 11.7 Å². The molecule has 2 nitrogen and oxygen atoms in total. The lowest BCUT2D eigenvalue weighted by Gasteiger charge is -2.08. The number of benzene rings is 1. The predicted octanol–water partition coefficient (Wildman–Crippen LogP) is 4.55. The first kappa shape index (κ1) is 12.7. The molecule has 0 aliphatic carbocycles. The molecule has 7 heteroatoms. The molecule has 0 amide bonds. The van der Waals surface area contributed by atoms with Crippen LogP contribution >= 0.6 is 52.8 Å². The minimum absolute atomic E-state index is 0.281. The zero-order valence-electron chi connectivity index (χ0n) is 7.00. The van der Waals surface area contributed by atoms with Gasteiger partial charge in [-0.3, -0.25) is 4.57 Å². The molecular weight excluding hydrogens is 285 g/mol. The fourth-order valence-electron chi connectivity index (χ4n) is 0.786. The van der Waals surface area contributed by atoms with Crippen LogP contribution in [0.4, 0.5) is 0 Å². The van der Waals surface area contributed by atoms with Crippen LogP contribution in [0, 0.1) is 0 Å². The molecular formula is C7H6Cl3O2PS. The van der Waals surface area contributed by atoms with Gasteiger partial charge in [0.05, 0.1) is 14.9 Å². The third-order valence-electron chi connectivity index (χ3n) is 1.22. The van der Waals surface area contributed by atoms with Gasteiger partial charge in [-0.05, 0) is 23.5 Å². The summed E-state index contributed by atoms with van der Waals surface area (Å²) >= 11 is 18.1. The fourth-order valence-corrected chi connectivity index (χ4v) is 4.39. The third kappa shape index (κ3) is 3.65. The lowest BCUT2D eigenvalue weighted by atomic mass is 10.4. The van der Waals surface area contributed by atoms with Gasteiger partial charge in [-0.15, -0.1) is 0 Å². The molecule has 1 N–H and O–H groups in total. The Hall–Kier alpha value is 0.630. The molecule has 0 saturated heterocycles. The second kappa shape index (κ2) is 4.65. The summed E-state index contributed by atoms with van der Waals surface area (Å²) in [5, 5.41) is 0.959. The van der Waals surface area contributed by atoms with E-state index >= 15 is 0 Å². The van der Waals surface area contributed by atoms with E-state index in [9.17, 15) is 4.57 Å². The van der Waals surface area contributed by atoms with Crippen molar-refractivity contribution in [3.8, 4) is 0 Å². The summed E-state index contributed by atoms with van der Waals surface area (Å²) in [6, 6.07) is 2.96. The van der Waals surface area contributed by atoms with Gasteiger partial charge in [0.1, 0.15) is 0 Å². The monoisotopic (exact) mass is 290 g/mol. The van der Waals surface area contributed by atoms with Crippen LogP contribution in [0.2, 0.25) is 15.1 Å². The van der Waals surface area contributed by atoms with Crippen molar-refractivity contribution < 1.29 is 9.46 Å². The summed E-state index contributed by atoms with van der Waals surface area (Å²) in [5.41, 5.74) is 0. The summed E-state index contributed by atoms with van der Waals surface area (Å²) < 4.78 is 11.1. The highest BCUT2D eigenvalue weighted by Crippen LogP contribution is 2.58. The summed E-state index contributed by atoms with van der Waals surface area (Å²) in [6.07, 6.45) is 0. The smallest absolute Gasteiger partial charge is 0.256 e. The molecule has 14 heavy (non-hydrogen) atoms. The van der Waals surface area contributed by atoms with E-state index in [1.165, 1.54) is 18.8 Å². The van der Waals surface area contributed by atoms with Crippen molar-refractivity contribution in [2.75, 3.05) is 6.66 Å². The van der Waals surface area contributed by atoms with E-state index in [1.54, 1.807) is 0 Å². The first-order chi connectivity index (χ1) is 6.29. The molecule has 0 aliphatic rings. The van der Waals surface area contributed by atoms with Crippen LogP contribution in [0.25, 0.3) is 0 Å². The average Bonchev–Trinajstić information content (AvgIpc) is 1.95. The normalized spacial score (nSPS) is 15.2. The molecule has 0 radical (unpaired) electrons.